The molecule has 0 saturated heterocycles. The molecule has 1 aromatic carbocycles. The summed E-state index contributed by atoms with van der Waals surface area (Å²) >= 11 is 1.63. The van der Waals surface area contributed by atoms with Crippen LogP contribution >= 0.6 is 11.8 Å². The fraction of sp³-hybridized carbons (Fsp3) is 0.429. The van der Waals surface area contributed by atoms with E-state index in [2.05, 4.69) is 32.4 Å². The molecule has 0 radical (unpaired) electrons. The molecule has 2 aromatic heterocycles. The summed E-state index contributed by atoms with van der Waals surface area (Å²) < 4.78 is 7.18. The topological polar surface area (TPSA) is 81.5 Å². The molecule has 4 rings (SSSR count). The highest BCUT2D eigenvalue weighted by Crippen LogP contribution is 2.39. The predicted octanol–water partition coefficient (Wildman–Crippen LogP) is 2.75. The molecule has 0 aliphatic heterocycles. The number of thioether (sulfide) groups is 1. The minimum atomic E-state index is 0.137. The molecule has 0 spiro atoms. The monoisotopic (exact) mass is 316 g/mol. The lowest BCUT2D eigenvalue weighted by Gasteiger charge is -2.08. The Morgan fingerprint density at radius 2 is 2.27 bits per heavy atom. The second-order valence-corrected chi connectivity index (χ2v) is 6.73. The molecule has 22 heavy (non-hydrogen) atoms. The van der Waals surface area contributed by atoms with Crippen LogP contribution in [0.5, 0.6) is 5.75 Å². The van der Waals surface area contributed by atoms with Crippen LogP contribution in [0.1, 0.15) is 36.9 Å². The first-order chi connectivity index (χ1) is 10.7. The van der Waals surface area contributed by atoms with Gasteiger partial charge < -0.3 is 9.72 Å². The van der Waals surface area contributed by atoms with Crippen molar-refractivity contribution in [1.29, 1.82) is 0 Å². The number of H-pyrrole nitrogens is 1. The Morgan fingerprint density at radius 3 is 3.05 bits per heavy atom. The summed E-state index contributed by atoms with van der Waals surface area (Å²) in [6.45, 7) is 2.10. The smallest absolute Gasteiger partial charge is 0.167 e. The molecule has 114 valence electrons. The molecule has 7 nitrogen and oxygen atoms in total. The highest BCUT2D eigenvalue weighted by Gasteiger charge is 2.30. The summed E-state index contributed by atoms with van der Waals surface area (Å²) in [5, 5.41) is 13.1. The number of hydrogen-bond donors (Lipinski definition) is 1. The van der Waals surface area contributed by atoms with Gasteiger partial charge in [-0.3, -0.25) is 0 Å². The van der Waals surface area contributed by atoms with Crippen LogP contribution in [0.2, 0.25) is 0 Å². The quantitative estimate of drug-likeness (QED) is 0.729. The first-order valence-corrected chi connectivity index (χ1v) is 8.11. The van der Waals surface area contributed by atoms with Crippen LogP contribution in [0.4, 0.5) is 0 Å². The van der Waals surface area contributed by atoms with E-state index in [4.69, 9.17) is 4.74 Å². The van der Waals surface area contributed by atoms with Gasteiger partial charge in [-0.1, -0.05) is 11.8 Å². The first-order valence-electron chi connectivity index (χ1n) is 7.23. The molecule has 3 aromatic rings. The second-order valence-electron chi connectivity index (χ2n) is 5.40. The van der Waals surface area contributed by atoms with Crippen molar-refractivity contribution in [2.45, 2.75) is 36.2 Å². The average molecular weight is 316 g/mol. The summed E-state index contributed by atoms with van der Waals surface area (Å²) in [5.74, 6) is 1.73. The number of methoxy groups -OCH3 is 1. The van der Waals surface area contributed by atoms with Gasteiger partial charge in [-0.15, -0.1) is 5.10 Å². The zero-order valence-corrected chi connectivity index (χ0v) is 13.2. The lowest BCUT2D eigenvalue weighted by Crippen LogP contribution is -2.05. The minimum absolute atomic E-state index is 0.137. The van der Waals surface area contributed by atoms with E-state index >= 15 is 0 Å². The molecule has 1 N–H and O–H groups in total. The number of benzene rings is 1. The molecule has 1 saturated carbocycles. The number of rotatable bonds is 5. The van der Waals surface area contributed by atoms with E-state index in [9.17, 15) is 0 Å². The lowest BCUT2D eigenvalue weighted by molar-refractivity contribution is 0.415. The number of aromatic nitrogens is 6. The summed E-state index contributed by atoms with van der Waals surface area (Å²) in [6.07, 6.45) is 2.33. The predicted molar refractivity (Wildman–Crippen MR) is 83.0 cm³/mol. The van der Waals surface area contributed by atoms with Crippen LogP contribution in [-0.4, -0.2) is 37.3 Å². The summed E-state index contributed by atoms with van der Waals surface area (Å²) in [7, 11) is 1.66. The Kier molecular flexibility index (Phi) is 3.25. The highest BCUT2D eigenvalue weighted by molar-refractivity contribution is 7.99. The molecule has 8 heteroatoms. The van der Waals surface area contributed by atoms with Gasteiger partial charge in [-0.2, -0.15) is 0 Å². The van der Waals surface area contributed by atoms with Crippen LogP contribution in [0.15, 0.2) is 23.4 Å². The standard InChI is InChI=1S/C14H16N6OS/c1-8(13-17-18-19-20(13)9-3-4-9)22-14-15-11-6-5-10(21-2)7-12(11)16-14/h5-9H,3-4H2,1-2H3,(H,15,16)/t8-/m0/s1. The number of aromatic amines is 1. The first kappa shape index (κ1) is 13.6. The third-order valence-corrected chi connectivity index (χ3v) is 4.71. The van der Waals surface area contributed by atoms with Crippen molar-refractivity contribution < 1.29 is 4.74 Å². The fourth-order valence-electron chi connectivity index (χ4n) is 2.42. The molecule has 0 amide bonds. The lowest BCUT2D eigenvalue weighted by atomic mass is 10.3. The zero-order chi connectivity index (χ0) is 15.1. The van der Waals surface area contributed by atoms with E-state index in [0.717, 1.165) is 27.8 Å². The molecule has 0 bridgehead atoms. The second kappa shape index (κ2) is 5.28. The van der Waals surface area contributed by atoms with Gasteiger partial charge in [0.25, 0.3) is 0 Å². The molecule has 0 unspecified atom stereocenters. The third-order valence-electron chi connectivity index (χ3n) is 3.73. The number of nitrogens with one attached hydrogen (secondary N) is 1. The largest absolute Gasteiger partial charge is 0.497 e. The van der Waals surface area contributed by atoms with Gasteiger partial charge in [-0.25, -0.2) is 9.67 Å². The van der Waals surface area contributed by atoms with Crippen LogP contribution in [-0.2, 0) is 0 Å². The van der Waals surface area contributed by atoms with Crippen LogP contribution in [0, 0.1) is 0 Å². The van der Waals surface area contributed by atoms with Crippen LogP contribution in [0.3, 0.4) is 0 Å². The van der Waals surface area contributed by atoms with Crippen LogP contribution < -0.4 is 4.74 Å². The van der Waals surface area contributed by atoms with Gasteiger partial charge in [0, 0.05) is 6.07 Å². The summed E-state index contributed by atoms with van der Waals surface area (Å²) in [6, 6.07) is 6.29. The fourth-order valence-corrected chi connectivity index (χ4v) is 3.33. The van der Waals surface area contributed by atoms with Gasteiger partial charge in [-0.05, 0) is 42.3 Å². The van der Waals surface area contributed by atoms with Crippen molar-refractivity contribution in [2.24, 2.45) is 0 Å². The van der Waals surface area contributed by atoms with Gasteiger partial charge in [0.2, 0.25) is 0 Å². The van der Waals surface area contributed by atoms with Gasteiger partial charge in [0.1, 0.15) is 5.75 Å². The molecule has 1 aliphatic rings. The number of fused-ring (bicyclic) bond motifs is 1. The summed E-state index contributed by atoms with van der Waals surface area (Å²) in [4.78, 5) is 7.92. The van der Waals surface area contributed by atoms with Gasteiger partial charge >= 0.3 is 0 Å². The maximum absolute atomic E-state index is 5.24. The van der Waals surface area contributed by atoms with Crippen molar-refractivity contribution in [3.63, 3.8) is 0 Å². The van der Waals surface area contributed by atoms with E-state index in [1.807, 2.05) is 22.9 Å². The Hall–Kier alpha value is -2.09. The third kappa shape index (κ3) is 2.43. The molecule has 1 atom stereocenters. The molecule has 1 fully saturated rings. The number of tetrazole rings is 1. The normalized spacial score (nSPS) is 16.1. The van der Waals surface area contributed by atoms with E-state index in [1.54, 1.807) is 18.9 Å². The van der Waals surface area contributed by atoms with E-state index in [1.165, 1.54) is 12.8 Å². The average Bonchev–Trinajstić information content (AvgIpc) is 3.11. The summed E-state index contributed by atoms with van der Waals surface area (Å²) in [5.41, 5.74) is 1.90. The number of nitrogens with zero attached hydrogens (tertiary/aromatic N) is 5. The number of hydrogen-bond acceptors (Lipinski definition) is 6. The van der Waals surface area contributed by atoms with Crippen molar-refractivity contribution >= 4 is 22.8 Å². The van der Waals surface area contributed by atoms with Crippen molar-refractivity contribution in [2.75, 3.05) is 7.11 Å². The molecule has 1 aliphatic carbocycles. The van der Waals surface area contributed by atoms with Crippen LogP contribution in [0.25, 0.3) is 11.0 Å². The van der Waals surface area contributed by atoms with E-state index in [0.29, 0.717) is 6.04 Å². The Morgan fingerprint density at radius 1 is 1.41 bits per heavy atom. The van der Waals surface area contributed by atoms with E-state index < -0.39 is 0 Å². The van der Waals surface area contributed by atoms with Crippen molar-refractivity contribution in [1.82, 2.24) is 30.2 Å². The van der Waals surface area contributed by atoms with Gasteiger partial charge in [0.05, 0.1) is 29.4 Å². The highest BCUT2D eigenvalue weighted by atomic mass is 32.2. The maximum atomic E-state index is 5.24. The Balaban J connectivity index is 1.58. The van der Waals surface area contributed by atoms with E-state index in [-0.39, 0.29) is 5.25 Å². The number of imidazole rings is 1. The zero-order valence-electron chi connectivity index (χ0n) is 12.4. The SMILES string of the molecule is COc1ccc2nc(S[C@@H](C)c3nnnn3C3CC3)[nH]c2c1. The molecular formula is C14H16N6OS. The van der Waals surface area contributed by atoms with Crippen molar-refractivity contribution in [3.8, 4) is 5.75 Å². The Labute approximate surface area is 131 Å². The molecular weight excluding hydrogens is 300 g/mol. The Bertz CT molecular complexity index is 809. The molecule has 2 heterocycles. The maximum Gasteiger partial charge on any atom is 0.167 e. The number of ether oxygens (including phenoxy) is 1. The minimum Gasteiger partial charge on any atom is -0.497 e. The van der Waals surface area contributed by atoms with Gasteiger partial charge in [0.15, 0.2) is 11.0 Å². The van der Waals surface area contributed by atoms with Crippen molar-refractivity contribution in [3.05, 3.63) is 24.0 Å².